The summed E-state index contributed by atoms with van der Waals surface area (Å²) in [4.78, 5) is 36.1. The van der Waals surface area contributed by atoms with Gasteiger partial charge in [0.15, 0.2) is 31.3 Å². The van der Waals surface area contributed by atoms with Crippen molar-refractivity contribution < 1.29 is 23.8 Å². The van der Waals surface area contributed by atoms with Gasteiger partial charge >= 0.3 is 0 Å². The molecule has 35 heavy (non-hydrogen) atoms. The summed E-state index contributed by atoms with van der Waals surface area (Å²) in [5.41, 5.74) is -2.12. The number of anilines is 1. The van der Waals surface area contributed by atoms with Gasteiger partial charge < -0.3 is 19.0 Å². The quantitative estimate of drug-likeness (QED) is 0.508. The number of aromatic nitrogens is 4. The highest BCUT2D eigenvalue weighted by atomic mass is 28.4. The molecular weight excluding hydrogens is 470 g/mol. The number of carbonyl (C=O) groups is 1. The Morgan fingerprint density at radius 2 is 2.06 bits per heavy atom. The molecule has 2 aromatic heterocycles. The largest absolute Gasteiger partial charge is 0.408 e. The molecule has 2 saturated heterocycles. The molecule has 3 aliphatic rings. The Labute approximate surface area is 204 Å². The lowest BCUT2D eigenvalue weighted by molar-refractivity contribution is -0.216. The number of nitrogens with zero attached hydrogens (tertiary/aromatic N) is 3. The van der Waals surface area contributed by atoms with Crippen molar-refractivity contribution in [3.8, 4) is 0 Å². The second-order valence-electron chi connectivity index (χ2n) is 11.9. The Balaban J connectivity index is 1.55. The summed E-state index contributed by atoms with van der Waals surface area (Å²) < 4.78 is 21.3. The molecule has 5 rings (SSSR count). The Kier molecular flexibility index (Phi) is 5.40. The van der Waals surface area contributed by atoms with Crippen molar-refractivity contribution in [1.29, 1.82) is 0 Å². The van der Waals surface area contributed by atoms with Gasteiger partial charge in [-0.15, -0.1) is 0 Å². The zero-order valence-corrected chi connectivity index (χ0v) is 22.3. The van der Waals surface area contributed by atoms with Crippen LogP contribution < -0.4 is 10.9 Å². The van der Waals surface area contributed by atoms with E-state index in [1.54, 1.807) is 18.4 Å². The molecule has 4 atom stereocenters. The molecule has 2 unspecified atom stereocenters. The van der Waals surface area contributed by atoms with E-state index in [4.69, 9.17) is 13.9 Å². The minimum Gasteiger partial charge on any atom is -0.408 e. The van der Waals surface area contributed by atoms with Crippen molar-refractivity contribution in [3.05, 3.63) is 16.7 Å². The van der Waals surface area contributed by atoms with Crippen LogP contribution in [0.1, 0.15) is 53.7 Å². The predicted molar refractivity (Wildman–Crippen MR) is 130 cm³/mol. The number of H-pyrrole nitrogens is 1. The van der Waals surface area contributed by atoms with Crippen LogP contribution in [0.3, 0.4) is 0 Å². The Hall–Kier alpha value is -2.12. The number of rotatable bonds is 6. The molecule has 0 spiro atoms. The molecule has 12 heteroatoms. The lowest BCUT2D eigenvalue weighted by Gasteiger charge is -2.42. The maximum absolute atomic E-state index is 12.7. The number of hydrogen-bond acceptors (Lipinski definition) is 8. The zero-order valence-electron chi connectivity index (χ0n) is 21.3. The third kappa shape index (κ3) is 3.68. The van der Waals surface area contributed by atoms with Gasteiger partial charge in [0.05, 0.1) is 18.5 Å². The number of imidazole rings is 1. The number of fused-ring (bicyclic) bond motifs is 3. The van der Waals surface area contributed by atoms with Crippen molar-refractivity contribution >= 4 is 31.3 Å². The summed E-state index contributed by atoms with van der Waals surface area (Å²) in [5, 5.41) is 13.9. The fourth-order valence-corrected chi connectivity index (χ4v) is 5.94. The van der Waals surface area contributed by atoms with Gasteiger partial charge in [0.1, 0.15) is 12.2 Å². The number of aliphatic hydroxyl groups is 1. The number of nitrogens with one attached hydrogen (secondary N) is 2. The maximum atomic E-state index is 12.7. The van der Waals surface area contributed by atoms with Gasteiger partial charge in [0.2, 0.25) is 11.9 Å². The number of hydrogen-bond donors (Lipinski definition) is 3. The van der Waals surface area contributed by atoms with Crippen LogP contribution in [0.25, 0.3) is 11.2 Å². The van der Waals surface area contributed by atoms with E-state index in [-0.39, 0.29) is 40.6 Å². The third-order valence-electron chi connectivity index (χ3n) is 8.07. The molecule has 2 aliphatic heterocycles. The molecule has 3 fully saturated rings. The second kappa shape index (κ2) is 7.69. The fraction of sp³-hybridized carbons (Fsp3) is 0.739. The van der Waals surface area contributed by atoms with E-state index in [9.17, 15) is 14.7 Å². The molecule has 1 aliphatic carbocycles. The summed E-state index contributed by atoms with van der Waals surface area (Å²) >= 11 is 0. The third-order valence-corrected chi connectivity index (χ3v) is 12.5. The molecule has 192 valence electrons. The first-order chi connectivity index (χ1) is 16.2. The summed E-state index contributed by atoms with van der Waals surface area (Å²) in [6.07, 6.45) is 1.03. The number of amides is 1. The Morgan fingerprint density at radius 1 is 1.37 bits per heavy atom. The van der Waals surface area contributed by atoms with Gasteiger partial charge in [-0.2, -0.15) is 4.98 Å². The molecule has 1 saturated carbocycles. The Bertz CT molecular complexity index is 1230. The first-order valence-corrected chi connectivity index (χ1v) is 15.1. The van der Waals surface area contributed by atoms with E-state index in [0.717, 1.165) is 0 Å². The molecule has 0 aromatic carbocycles. The van der Waals surface area contributed by atoms with E-state index in [2.05, 4.69) is 54.1 Å². The fourth-order valence-electron chi connectivity index (χ4n) is 4.62. The summed E-state index contributed by atoms with van der Waals surface area (Å²) in [5.74, 6) is -0.511. The van der Waals surface area contributed by atoms with Gasteiger partial charge in [-0.25, -0.2) is 4.98 Å². The van der Waals surface area contributed by atoms with E-state index >= 15 is 0 Å². The Morgan fingerprint density at radius 3 is 2.66 bits per heavy atom. The van der Waals surface area contributed by atoms with E-state index < -0.39 is 43.5 Å². The van der Waals surface area contributed by atoms with Crippen LogP contribution in [0.15, 0.2) is 11.1 Å². The van der Waals surface area contributed by atoms with Gasteiger partial charge in [-0.05, 0) is 31.0 Å². The smallest absolute Gasteiger partial charge is 0.280 e. The molecule has 1 amide bonds. The molecule has 0 radical (unpaired) electrons. The van der Waals surface area contributed by atoms with Crippen LogP contribution in [0.2, 0.25) is 18.1 Å². The van der Waals surface area contributed by atoms with Crippen LogP contribution >= 0.6 is 0 Å². The minimum atomic E-state index is -2.24. The summed E-state index contributed by atoms with van der Waals surface area (Å²) in [6, 6.07) is 0. The highest BCUT2D eigenvalue weighted by Crippen LogP contribution is 2.60. The van der Waals surface area contributed by atoms with Gasteiger partial charge in [0.25, 0.3) is 5.56 Å². The molecule has 4 heterocycles. The zero-order chi connectivity index (χ0) is 25.6. The van der Waals surface area contributed by atoms with Gasteiger partial charge in [-0.3, -0.25) is 24.5 Å². The lowest BCUT2D eigenvalue weighted by atomic mass is 9.90. The van der Waals surface area contributed by atoms with Crippen molar-refractivity contribution in [2.24, 2.45) is 5.92 Å². The molecular formula is C23H35N5O6Si. The normalized spacial score (nSPS) is 29.8. The van der Waals surface area contributed by atoms with Crippen molar-refractivity contribution in [1.82, 2.24) is 19.5 Å². The lowest BCUT2D eigenvalue weighted by Crippen LogP contribution is -2.57. The van der Waals surface area contributed by atoms with Crippen molar-refractivity contribution in [3.63, 3.8) is 0 Å². The number of aromatic amines is 1. The topological polar surface area (TPSA) is 141 Å². The summed E-state index contributed by atoms with van der Waals surface area (Å²) in [7, 11) is -2.24. The van der Waals surface area contributed by atoms with Gasteiger partial charge in [0, 0.05) is 5.92 Å². The average Bonchev–Trinajstić information content (AvgIpc) is 3.11. The summed E-state index contributed by atoms with van der Waals surface area (Å²) in [6.45, 7) is 14.6. The molecule has 11 nitrogen and oxygen atoms in total. The van der Waals surface area contributed by atoms with Gasteiger partial charge in [-0.1, -0.05) is 34.6 Å². The van der Waals surface area contributed by atoms with E-state index in [1.165, 1.54) is 6.33 Å². The average molecular weight is 506 g/mol. The second-order valence-corrected chi connectivity index (χ2v) is 16.6. The first-order valence-electron chi connectivity index (χ1n) is 12.2. The predicted octanol–water partition coefficient (Wildman–Crippen LogP) is 2.30. The van der Waals surface area contributed by atoms with Crippen LogP contribution in [0.5, 0.6) is 0 Å². The molecule has 2 aromatic rings. The SMILES string of the molecule is CC(C)C(=O)Nc1nc2c(ncn2[C@@H]2O[C@@]3(C4(O)CC4)COC2C3O[Si](C)(C)C(C)(C)C)c(=O)[nH]1. The highest BCUT2D eigenvalue weighted by Gasteiger charge is 2.75. The standard InChI is InChI=1S/C23H35N5O6Si/c1-12(2)17(29)26-20-25-16-13(18(30)27-20)24-11-28(16)19-14-15(34-35(6,7)21(3,4)5)23(33-19,10-32-14)22(31)8-9-22/h11-12,14-15,19,31H,8-10H2,1-7H3,(H2,25,26,27,29,30)/t14?,15?,19-,23+/m1/s1. The van der Waals surface area contributed by atoms with Crippen LogP contribution in [-0.4, -0.2) is 68.9 Å². The number of ether oxygens (including phenoxy) is 2. The van der Waals surface area contributed by atoms with Crippen molar-refractivity contribution in [2.75, 3.05) is 11.9 Å². The van der Waals surface area contributed by atoms with Crippen molar-refractivity contribution in [2.45, 2.75) is 95.2 Å². The highest BCUT2D eigenvalue weighted by molar-refractivity contribution is 6.74. The van der Waals surface area contributed by atoms with Crippen LogP contribution in [0.4, 0.5) is 5.95 Å². The number of carbonyl (C=O) groups excluding carboxylic acids is 1. The minimum absolute atomic E-state index is 0.0385. The van der Waals surface area contributed by atoms with Crippen LogP contribution in [0, 0.1) is 5.92 Å². The maximum Gasteiger partial charge on any atom is 0.280 e. The first kappa shape index (κ1) is 24.6. The monoisotopic (exact) mass is 505 g/mol. The molecule has 2 bridgehead atoms. The molecule has 3 N–H and O–H groups in total. The van der Waals surface area contributed by atoms with E-state index in [0.29, 0.717) is 12.8 Å². The van der Waals surface area contributed by atoms with Crippen LogP contribution in [-0.2, 0) is 18.7 Å². The van der Waals surface area contributed by atoms with E-state index in [1.807, 2.05) is 0 Å².